The number of fused-ring (bicyclic) bond motifs is 1. The smallest absolute Gasteiger partial charge is 0.232 e. The Labute approximate surface area is 102 Å². The number of rotatable bonds is 2. The predicted molar refractivity (Wildman–Crippen MR) is 70.2 cm³/mol. The molecule has 0 bridgehead atoms. The molecule has 0 aliphatic carbocycles. The van der Waals surface area contributed by atoms with Gasteiger partial charge in [-0.15, -0.1) is 0 Å². The van der Waals surface area contributed by atoms with Gasteiger partial charge in [0.1, 0.15) is 0 Å². The molecule has 2 rings (SSSR count). The lowest BCUT2D eigenvalue weighted by Gasteiger charge is -2.20. The van der Waals surface area contributed by atoms with Crippen molar-refractivity contribution in [3.8, 4) is 0 Å². The molecule has 3 heteroatoms. The Hall–Kier alpha value is -1.35. The monoisotopic (exact) mass is 232 g/mol. The standard InChI is InChI=1S/C14H20N2O/c1-14(2,3)9-4-5-12-11(8-9)10(6-7-15)13(17)16-12/h4-5,8,10H,6-7,15H2,1-3H3,(H,16,17). The van der Waals surface area contributed by atoms with Gasteiger partial charge in [-0.25, -0.2) is 0 Å². The molecule has 0 radical (unpaired) electrons. The molecule has 0 saturated carbocycles. The van der Waals surface area contributed by atoms with Crippen molar-refractivity contribution in [1.82, 2.24) is 0 Å². The van der Waals surface area contributed by atoms with Crippen LogP contribution in [-0.2, 0) is 10.2 Å². The number of hydrogen-bond donors (Lipinski definition) is 2. The normalized spacial score (nSPS) is 19.1. The van der Waals surface area contributed by atoms with Crippen molar-refractivity contribution in [2.45, 2.75) is 38.5 Å². The maximum atomic E-state index is 11.8. The van der Waals surface area contributed by atoms with Crippen LogP contribution >= 0.6 is 0 Å². The van der Waals surface area contributed by atoms with Crippen LogP contribution in [0.4, 0.5) is 5.69 Å². The number of anilines is 1. The minimum absolute atomic E-state index is 0.0719. The molecular weight excluding hydrogens is 212 g/mol. The molecule has 1 aliphatic rings. The Morgan fingerprint density at radius 2 is 2.06 bits per heavy atom. The van der Waals surface area contributed by atoms with Gasteiger partial charge >= 0.3 is 0 Å². The van der Waals surface area contributed by atoms with E-state index in [4.69, 9.17) is 5.73 Å². The highest BCUT2D eigenvalue weighted by molar-refractivity contribution is 6.02. The van der Waals surface area contributed by atoms with Crippen molar-refractivity contribution in [1.29, 1.82) is 0 Å². The zero-order valence-corrected chi connectivity index (χ0v) is 10.7. The second-order valence-electron chi connectivity index (χ2n) is 5.67. The molecule has 1 aromatic carbocycles. The van der Waals surface area contributed by atoms with Gasteiger partial charge < -0.3 is 11.1 Å². The molecule has 3 nitrogen and oxygen atoms in total. The quantitative estimate of drug-likeness (QED) is 0.822. The van der Waals surface area contributed by atoms with Gasteiger partial charge in [0.15, 0.2) is 0 Å². The lowest BCUT2D eigenvalue weighted by Crippen LogP contribution is -2.16. The third-order valence-electron chi connectivity index (χ3n) is 3.32. The number of carbonyl (C=O) groups is 1. The maximum Gasteiger partial charge on any atom is 0.232 e. The van der Waals surface area contributed by atoms with Crippen LogP contribution in [0.15, 0.2) is 18.2 Å². The van der Waals surface area contributed by atoms with Crippen LogP contribution in [0, 0.1) is 0 Å². The lowest BCUT2D eigenvalue weighted by atomic mass is 9.84. The highest BCUT2D eigenvalue weighted by atomic mass is 16.2. The number of nitrogens with two attached hydrogens (primary N) is 1. The highest BCUT2D eigenvalue weighted by Gasteiger charge is 2.30. The molecule has 1 heterocycles. The number of benzene rings is 1. The van der Waals surface area contributed by atoms with E-state index in [1.807, 2.05) is 6.07 Å². The van der Waals surface area contributed by atoms with Gasteiger partial charge in [-0.1, -0.05) is 32.9 Å². The average molecular weight is 232 g/mol. The van der Waals surface area contributed by atoms with Crippen molar-refractivity contribution >= 4 is 11.6 Å². The Kier molecular flexibility index (Phi) is 2.96. The Morgan fingerprint density at radius 3 is 2.65 bits per heavy atom. The zero-order chi connectivity index (χ0) is 12.6. The van der Waals surface area contributed by atoms with Crippen molar-refractivity contribution in [2.75, 3.05) is 11.9 Å². The molecule has 0 saturated heterocycles. The van der Waals surface area contributed by atoms with Gasteiger partial charge in [-0.05, 0) is 35.6 Å². The van der Waals surface area contributed by atoms with Gasteiger partial charge in [-0.2, -0.15) is 0 Å². The van der Waals surface area contributed by atoms with E-state index in [0.717, 1.165) is 11.3 Å². The summed E-state index contributed by atoms with van der Waals surface area (Å²) in [5.74, 6) is 0.00816. The summed E-state index contributed by atoms with van der Waals surface area (Å²) in [6, 6.07) is 6.24. The summed E-state index contributed by atoms with van der Waals surface area (Å²) in [5.41, 5.74) is 8.99. The molecule has 1 aromatic rings. The van der Waals surface area contributed by atoms with Gasteiger partial charge in [-0.3, -0.25) is 4.79 Å². The minimum Gasteiger partial charge on any atom is -0.330 e. The summed E-state index contributed by atoms with van der Waals surface area (Å²) < 4.78 is 0. The summed E-state index contributed by atoms with van der Waals surface area (Å²) >= 11 is 0. The first-order valence-electron chi connectivity index (χ1n) is 6.09. The van der Waals surface area contributed by atoms with E-state index < -0.39 is 0 Å². The van der Waals surface area contributed by atoms with Crippen LogP contribution in [0.25, 0.3) is 0 Å². The molecule has 0 fully saturated rings. The van der Waals surface area contributed by atoms with Gasteiger partial charge in [0.05, 0.1) is 5.92 Å². The fourth-order valence-corrected chi connectivity index (χ4v) is 2.25. The number of hydrogen-bond acceptors (Lipinski definition) is 2. The van der Waals surface area contributed by atoms with Crippen LogP contribution in [-0.4, -0.2) is 12.5 Å². The van der Waals surface area contributed by atoms with E-state index >= 15 is 0 Å². The number of nitrogens with one attached hydrogen (secondary N) is 1. The van der Waals surface area contributed by atoms with E-state index in [1.165, 1.54) is 5.56 Å². The Balaban J connectivity index is 2.42. The molecule has 17 heavy (non-hydrogen) atoms. The van der Waals surface area contributed by atoms with E-state index in [-0.39, 0.29) is 17.2 Å². The molecule has 3 N–H and O–H groups in total. The van der Waals surface area contributed by atoms with Crippen LogP contribution in [0.3, 0.4) is 0 Å². The maximum absolute atomic E-state index is 11.8. The first-order chi connectivity index (χ1) is 7.93. The summed E-state index contributed by atoms with van der Waals surface area (Å²) in [7, 11) is 0. The van der Waals surface area contributed by atoms with Crippen molar-refractivity contribution in [3.05, 3.63) is 29.3 Å². The number of carbonyl (C=O) groups excluding carboxylic acids is 1. The fraction of sp³-hybridized carbons (Fsp3) is 0.500. The van der Waals surface area contributed by atoms with Gasteiger partial charge in [0, 0.05) is 5.69 Å². The summed E-state index contributed by atoms with van der Waals surface area (Å²) in [6.07, 6.45) is 0.715. The molecule has 0 spiro atoms. The van der Waals surface area contributed by atoms with Crippen molar-refractivity contribution in [2.24, 2.45) is 5.73 Å². The van der Waals surface area contributed by atoms with Gasteiger partial charge in [0.25, 0.3) is 0 Å². The third-order valence-corrected chi connectivity index (χ3v) is 3.32. The first kappa shape index (κ1) is 12.1. The lowest BCUT2D eigenvalue weighted by molar-refractivity contribution is -0.117. The first-order valence-corrected chi connectivity index (χ1v) is 6.09. The molecule has 1 aliphatic heterocycles. The Bertz CT molecular complexity index is 446. The van der Waals surface area contributed by atoms with E-state index in [9.17, 15) is 4.79 Å². The molecule has 1 atom stereocenters. The van der Waals surface area contributed by atoms with E-state index in [1.54, 1.807) is 0 Å². The second-order valence-corrected chi connectivity index (χ2v) is 5.67. The van der Waals surface area contributed by atoms with Crippen LogP contribution < -0.4 is 11.1 Å². The number of amides is 1. The van der Waals surface area contributed by atoms with Crippen LogP contribution in [0.5, 0.6) is 0 Å². The highest BCUT2D eigenvalue weighted by Crippen LogP contribution is 2.37. The van der Waals surface area contributed by atoms with Gasteiger partial charge in [0.2, 0.25) is 5.91 Å². The largest absolute Gasteiger partial charge is 0.330 e. The van der Waals surface area contributed by atoms with Crippen molar-refractivity contribution < 1.29 is 4.79 Å². The van der Waals surface area contributed by atoms with E-state index in [2.05, 4.69) is 38.2 Å². The molecular formula is C14H20N2O. The summed E-state index contributed by atoms with van der Waals surface area (Å²) in [5, 5.41) is 2.92. The topological polar surface area (TPSA) is 55.1 Å². The van der Waals surface area contributed by atoms with Crippen molar-refractivity contribution in [3.63, 3.8) is 0 Å². The fourth-order valence-electron chi connectivity index (χ4n) is 2.25. The molecule has 1 amide bonds. The Morgan fingerprint density at radius 1 is 1.35 bits per heavy atom. The van der Waals surface area contributed by atoms with E-state index in [0.29, 0.717) is 13.0 Å². The molecule has 1 unspecified atom stereocenters. The predicted octanol–water partition coefficient (Wildman–Crippen LogP) is 2.37. The third kappa shape index (κ3) is 2.20. The van der Waals surface area contributed by atoms with Crippen LogP contribution in [0.1, 0.15) is 44.2 Å². The second kappa shape index (κ2) is 4.15. The summed E-state index contributed by atoms with van der Waals surface area (Å²) in [4.78, 5) is 11.8. The molecule has 92 valence electrons. The average Bonchev–Trinajstić information content (AvgIpc) is 2.54. The molecule has 0 aromatic heterocycles. The zero-order valence-electron chi connectivity index (χ0n) is 10.7. The van der Waals surface area contributed by atoms with Crippen LogP contribution in [0.2, 0.25) is 0 Å². The minimum atomic E-state index is -0.0719. The summed E-state index contributed by atoms with van der Waals surface area (Å²) in [6.45, 7) is 7.07. The SMILES string of the molecule is CC(C)(C)c1ccc2c(c1)C(CCN)C(=O)N2.